The molecule has 1 atom stereocenters. The van der Waals surface area contributed by atoms with Crippen LogP contribution in [0.2, 0.25) is 0 Å². The van der Waals surface area contributed by atoms with Crippen molar-refractivity contribution in [2.45, 2.75) is 51.3 Å². The number of nitrogens with zero attached hydrogens (tertiary/aromatic N) is 1. The second-order valence-corrected chi connectivity index (χ2v) is 8.29. The Kier molecular flexibility index (Phi) is 10.6. The number of fused-ring (bicyclic) bond motifs is 1. The number of anilines is 2. The summed E-state index contributed by atoms with van der Waals surface area (Å²) in [5.74, 6) is 2.00. The number of aliphatic carboxylic acids is 1. The first-order valence-corrected chi connectivity index (χ1v) is 12.1. The summed E-state index contributed by atoms with van der Waals surface area (Å²) >= 11 is 1.85. The second-order valence-electron chi connectivity index (χ2n) is 7.23. The van der Waals surface area contributed by atoms with Crippen molar-refractivity contribution in [3.8, 4) is 11.5 Å². The van der Waals surface area contributed by atoms with Gasteiger partial charge in [0.05, 0.1) is 25.8 Å². The summed E-state index contributed by atoms with van der Waals surface area (Å²) in [6.45, 7) is 7.32. The molecular weight excluding hydrogens is 410 g/mol. The van der Waals surface area contributed by atoms with Crippen LogP contribution in [0.5, 0.6) is 11.5 Å². The highest BCUT2D eigenvalue weighted by molar-refractivity contribution is 7.99. The van der Waals surface area contributed by atoms with Crippen molar-refractivity contribution < 1.29 is 19.4 Å². The third kappa shape index (κ3) is 7.10. The van der Waals surface area contributed by atoms with Crippen molar-refractivity contribution in [2.75, 3.05) is 30.9 Å². The third-order valence-corrected chi connectivity index (χ3v) is 6.33. The number of thioether (sulfide) groups is 1. The molecule has 1 heterocycles. The molecule has 0 aliphatic carbocycles. The Hall–Kier alpha value is -2.34. The van der Waals surface area contributed by atoms with E-state index in [1.54, 1.807) is 7.11 Å². The van der Waals surface area contributed by atoms with Gasteiger partial charge in [-0.25, -0.2) is 0 Å². The lowest BCUT2D eigenvalue weighted by Crippen LogP contribution is -2.25. The van der Waals surface area contributed by atoms with E-state index in [0.717, 1.165) is 22.9 Å². The lowest BCUT2D eigenvalue weighted by molar-refractivity contribution is -0.137. The highest BCUT2D eigenvalue weighted by Crippen LogP contribution is 2.45. The van der Waals surface area contributed by atoms with Crippen molar-refractivity contribution >= 4 is 29.1 Å². The van der Waals surface area contributed by atoms with Crippen molar-refractivity contribution in [3.05, 3.63) is 42.5 Å². The van der Waals surface area contributed by atoms with Crippen molar-refractivity contribution in [2.24, 2.45) is 5.92 Å². The van der Waals surface area contributed by atoms with E-state index < -0.39 is 5.97 Å². The van der Waals surface area contributed by atoms with Crippen LogP contribution in [0.4, 0.5) is 11.4 Å². The molecule has 0 spiro atoms. The number of para-hydroxylation sites is 1. The van der Waals surface area contributed by atoms with E-state index >= 15 is 0 Å². The summed E-state index contributed by atoms with van der Waals surface area (Å²) in [5.41, 5.74) is 2.28. The molecule has 3 rings (SSSR count). The zero-order valence-electron chi connectivity index (χ0n) is 19.1. The van der Waals surface area contributed by atoms with Crippen LogP contribution in [-0.4, -0.2) is 37.1 Å². The molecule has 1 unspecified atom stereocenters. The minimum Gasteiger partial charge on any atom is -0.493 e. The third-order valence-electron chi connectivity index (χ3n) is 5.06. The zero-order valence-corrected chi connectivity index (χ0v) is 19.9. The van der Waals surface area contributed by atoms with Gasteiger partial charge >= 0.3 is 5.97 Å². The Morgan fingerprint density at radius 3 is 2.58 bits per heavy atom. The van der Waals surface area contributed by atoms with Crippen molar-refractivity contribution in [1.29, 1.82) is 0 Å². The smallest absolute Gasteiger partial charge is 0.306 e. The summed E-state index contributed by atoms with van der Waals surface area (Å²) in [6.07, 6.45) is 3.61. The summed E-state index contributed by atoms with van der Waals surface area (Å²) in [6, 6.07) is 14.5. The Labute approximate surface area is 190 Å². The van der Waals surface area contributed by atoms with Crippen LogP contribution in [-0.2, 0) is 4.79 Å². The number of hydrogen-bond acceptors (Lipinski definition) is 5. The fourth-order valence-electron chi connectivity index (χ4n) is 3.51. The van der Waals surface area contributed by atoms with Gasteiger partial charge < -0.3 is 19.5 Å². The molecular formula is C25H35NO4S. The molecule has 2 aromatic carbocycles. The molecule has 0 radical (unpaired) electrons. The predicted octanol–water partition coefficient (Wildman–Crippen LogP) is 6.63. The molecule has 0 amide bonds. The number of carboxylic acid groups (broad SMARTS) is 1. The van der Waals surface area contributed by atoms with E-state index in [2.05, 4.69) is 36.1 Å². The first kappa shape index (κ1) is 24.9. The van der Waals surface area contributed by atoms with Gasteiger partial charge in [0, 0.05) is 28.9 Å². The molecule has 0 bridgehead atoms. The van der Waals surface area contributed by atoms with Gasteiger partial charge in [-0.3, -0.25) is 4.79 Å². The van der Waals surface area contributed by atoms with Gasteiger partial charge in [-0.2, -0.15) is 0 Å². The molecule has 5 nitrogen and oxygen atoms in total. The Bertz CT molecular complexity index is 813. The maximum absolute atomic E-state index is 10.8. The minimum atomic E-state index is -0.873. The molecule has 2 aromatic rings. The van der Waals surface area contributed by atoms with Gasteiger partial charge in [-0.15, -0.1) is 11.8 Å². The number of carbonyl (C=O) groups is 1. The van der Waals surface area contributed by atoms with Gasteiger partial charge in [0.25, 0.3) is 0 Å². The van der Waals surface area contributed by atoms with Gasteiger partial charge in [-0.1, -0.05) is 51.8 Å². The number of methoxy groups -OCH3 is 1. The fourth-order valence-corrected chi connectivity index (χ4v) is 4.71. The van der Waals surface area contributed by atoms with Gasteiger partial charge in [-0.05, 0) is 30.5 Å². The normalized spacial score (nSPS) is 15.2. The summed E-state index contributed by atoms with van der Waals surface area (Å²) < 4.78 is 11.3. The summed E-state index contributed by atoms with van der Waals surface area (Å²) in [7, 11) is 1.62. The van der Waals surface area contributed by atoms with Crippen LogP contribution in [0.3, 0.4) is 0 Å². The molecule has 170 valence electrons. The van der Waals surface area contributed by atoms with Crippen LogP contribution in [0.15, 0.2) is 47.4 Å². The lowest BCUT2D eigenvalue weighted by Gasteiger charge is -2.28. The maximum atomic E-state index is 10.8. The first-order chi connectivity index (χ1) is 15.1. The van der Waals surface area contributed by atoms with E-state index in [4.69, 9.17) is 14.6 Å². The zero-order chi connectivity index (χ0) is 22.6. The van der Waals surface area contributed by atoms with Crippen LogP contribution >= 0.6 is 11.8 Å². The number of benzene rings is 2. The van der Waals surface area contributed by atoms with Crippen LogP contribution in [0.1, 0.15) is 46.5 Å². The number of hydrogen-bond donors (Lipinski definition) is 1. The Morgan fingerprint density at radius 2 is 1.94 bits per heavy atom. The Morgan fingerprint density at radius 1 is 1.19 bits per heavy atom. The summed E-state index contributed by atoms with van der Waals surface area (Å²) in [4.78, 5) is 14.3. The molecule has 1 aliphatic heterocycles. The van der Waals surface area contributed by atoms with Crippen LogP contribution in [0, 0.1) is 5.92 Å². The standard InChI is InChI=1S/C23H29NO4S.C2H6/c1-3-4-8-17-15-24(18-9-6-5-7-10-18)19-13-20(27-2)21(14-22(19)29-16-17)28-12-11-23(25)26;1-2/h5-7,9-10,13-14,17H,3-4,8,11-12,15-16H2,1-2H3,(H,25,26);1-2H3. The maximum Gasteiger partial charge on any atom is 0.306 e. The van der Waals surface area contributed by atoms with E-state index in [0.29, 0.717) is 17.4 Å². The average Bonchev–Trinajstić information content (AvgIpc) is 2.98. The molecule has 0 fully saturated rings. The molecule has 0 saturated heterocycles. The largest absolute Gasteiger partial charge is 0.493 e. The number of rotatable bonds is 9. The fraction of sp³-hybridized carbons (Fsp3) is 0.480. The van der Waals surface area contributed by atoms with Crippen LogP contribution < -0.4 is 14.4 Å². The van der Waals surface area contributed by atoms with E-state index in [1.165, 1.54) is 24.9 Å². The molecule has 31 heavy (non-hydrogen) atoms. The van der Waals surface area contributed by atoms with E-state index in [9.17, 15) is 4.79 Å². The van der Waals surface area contributed by atoms with Gasteiger partial charge in [0.2, 0.25) is 0 Å². The number of unbranched alkanes of at least 4 members (excludes halogenated alkanes) is 1. The first-order valence-electron chi connectivity index (χ1n) is 11.1. The van der Waals surface area contributed by atoms with E-state index in [-0.39, 0.29) is 13.0 Å². The van der Waals surface area contributed by atoms with E-state index in [1.807, 2.05) is 43.8 Å². The molecule has 0 saturated carbocycles. The predicted molar refractivity (Wildman–Crippen MR) is 129 cm³/mol. The monoisotopic (exact) mass is 445 g/mol. The van der Waals surface area contributed by atoms with Gasteiger partial charge in [0.1, 0.15) is 0 Å². The number of carboxylic acids is 1. The second kappa shape index (κ2) is 13.2. The molecule has 1 aliphatic rings. The van der Waals surface area contributed by atoms with Crippen LogP contribution in [0.25, 0.3) is 0 Å². The van der Waals surface area contributed by atoms with Crippen molar-refractivity contribution in [1.82, 2.24) is 0 Å². The highest BCUT2D eigenvalue weighted by Gasteiger charge is 2.25. The van der Waals surface area contributed by atoms with Gasteiger partial charge in [0.15, 0.2) is 11.5 Å². The highest BCUT2D eigenvalue weighted by atomic mass is 32.2. The minimum absolute atomic E-state index is 0.0391. The topological polar surface area (TPSA) is 59.0 Å². The summed E-state index contributed by atoms with van der Waals surface area (Å²) in [5, 5.41) is 8.89. The molecule has 0 aromatic heterocycles. The molecule has 1 N–H and O–H groups in total. The lowest BCUT2D eigenvalue weighted by atomic mass is 10.0. The van der Waals surface area contributed by atoms with Crippen molar-refractivity contribution in [3.63, 3.8) is 0 Å². The SMILES string of the molecule is CC.CCCCC1CSc2cc(OCCC(=O)O)c(OC)cc2N(c2ccccc2)C1. The average molecular weight is 446 g/mol. The molecule has 6 heteroatoms. The Balaban J connectivity index is 0.00000166. The number of ether oxygens (including phenoxy) is 2. The quantitative estimate of drug-likeness (QED) is 0.468.